The van der Waals surface area contributed by atoms with Crippen molar-refractivity contribution in [2.75, 3.05) is 66.4 Å². The highest BCUT2D eigenvalue weighted by molar-refractivity contribution is 4.71. The van der Waals surface area contributed by atoms with Crippen LogP contribution >= 0.6 is 0 Å². The van der Waals surface area contributed by atoms with E-state index in [4.69, 9.17) is 18.9 Å². The predicted molar refractivity (Wildman–Crippen MR) is 79.2 cm³/mol. The molecule has 1 heterocycles. The Labute approximate surface area is 123 Å². The minimum Gasteiger partial charge on any atom is -0.382 e. The lowest BCUT2D eigenvalue weighted by Gasteiger charge is -2.31. The van der Waals surface area contributed by atoms with Gasteiger partial charge in [-0.05, 0) is 25.8 Å². The zero-order valence-electron chi connectivity index (χ0n) is 13.1. The molecule has 0 unspecified atom stereocenters. The zero-order chi connectivity index (χ0) is 14.5. The molecule has 1 rings (SSSR count). The van der Waals surface area contributed by atoms with Gasteiger partial charge >= 0.3 is 0 Å². The highest BCUT2D eigenvalue weighted by Crippen LogP contribution is 2.13. The van der Waals surface area contributed by atoms with E-state index in [-0.39, 0.29) is 0 Å². The Hall–Kier alpha value is -0.200. The van der Waals surface area contributed by atoms with E-state index in [1.165, 1.54) is 26.1 Å². The summed E-state index contributed by atoms with van der Waals surface area (Å²) in [6.07, 6.45) is 3.97. The number of methoxy groups -OCH3 is 1. The smallest absolute Gasteiger partial charge is 0.0704 e. The number of nitrogens with zero attached hydrogens (tertiary/aromatic N) is 1. The fourth-order valence-electron chi connectivity index (χ4n) is 2.35. The van der Waals surface area contributed by atoms with E-state index in [0.717, 1.165) is 12.8 Å². The van der Waals surface area contributed by atoms with Gasteiger partial charge in [-0.15, -0.1) is 0 Å². The van der Waals surface area contributed by atoms with Crippen LogP contribution in [-0.4, -0.2) is 77.4 Å². The molecule has 0 spiro atoms. The molecule has 1 saturated heterocycles. The van der Waals surface area contributed by atoms with Crippen LogP contribution in [0.3, 0.4) is 0 Å². The van der Waals surface area contributed by atoms with Crippen molar-refractivity contribution >= 4 is 0 Å². The van der Waals surface area contributed by atoms with Crippen molar-refractivity contribution in [3.8, 4) is 0 Å². The maximum Gasteiger partial charge on any atom is 0.0704 e. The molecule has 0 atom stereocenters. The summed E-state index contributed by atoms with van der Waals surface area (Å²) in [4.78, 5) is 2.52. The van der Waals surface area contributed by atoms with E-state index in [9.17, 15) is 0 Å². The Morgan fingerprint density at radius 3 is 2.10 bits per heavy atom. The maximum absolute atomic E-state index is 5.84. The van der Waals surface area contributed by atoms with Crippen molar-refractivity contribution < 1.29 is 18.9 Å². The second kappa shape index (κ2) is 12.5. The van der Waals surface area contributed by atoms with Crippen LogP contribution in [-0.2, 0) is 18.9 Å². The van der Waals surface area contributed by atoms with Crippen LogP contribution in [0.5, 0.6) is 0 Å². The molecule has 5 heteroatoms. The predicted octanol–water partition coefficient (Wildman–Crippen LogP) is 1.56. The van der Waals surface area contributed by atoms with E-state index in [1.807, 2.05) is 0 Å². The number of ether oxygens (including phenoxy) is 4. The Bertz CT molecular complexity index is 208. The Morgan fingerprint density at radius 2 is 1.50 bits per heavy atom. The first-order valence-corrected chi connectivity index (χ1v) is 7.85. The zero-order valence-corrected chi connectivity index (χ0v) is 13.1. The van der Waals surface area contributed by atoms with E-state index in [0.29, 0.717) is 45.7 Å². The van der Waals surface area contributed by atoms with Gasteiger partial charge in [-0.1, -0.05) is 6.92 Å². The normalized spacial score (nSPS) is 17.7. The fourth-order valence-corrected chi connectivity index (χ4v) is 2.35. The van der Waals surface area contributed by atoms with Gasteiger partial charge in [0.25, 0.3) is 0 Å². The van der Waals surface area contributed by atoms with Crippen molar-refractivity contribution in [1.29, 1.82) is 0 Å². The van der Waals surface area contributed by atoms with Gasteiger partial charge in [0.15, 0.2) is 0 Å². The molecule has 0 aliphatic carbocycles. The lowest BCUT2D eigenvalue weighted by atomic mass is 10.1. The Morgan fingerprint density at radius 1 is 0.900 bits per heavy atom. The van der Waals surface area contributed by atoms with E-state index < -0.39 is 0 Å². The summed E-state index contributed by atoms with van der Waals surface area (Å²) >= 11 is 0. The van der Waals surface area contributed by atoms with Crippen LogP contribution in [0.1, 0.15) is 26.2 Å². The molecular weight excluding hydrogens is 258 g/mol. The van der Waals surface area contributed by atoms with Crippen LogP contribution < -0.4 is 0 Å². The molecule has 1 fully saturated rings. The van der Waals surface area contributed by atoms with Gasteiger partial charge in [-0.2, -0.15) is 0 Å². The third-order valence-electron chi connectivity index (χ3n) is 3.46. The number of hydrogen-bond donors (Lipinski definition) is 0. The lowest BCUT2D eigenvalue weighted by molar-refractivity contribution is -0.0333. The monoisotopic (exact) mass is 289 g/mol. The SMILES string of the molecule is CCCN1CCC(OCCOCCOCCOC)CC1. The molecule has 0 bridgehead atoms. The first-order valence-electron chi connectivity index (χ1n) is 7.85. The topological polar surface area (TPSA) is 40.2 Å². The van der Waals surface area contributed by atoms with Crippen molar-refractivity contribution in [2.24, 2.45) is 0 Å². The van der Waals surface area contributed by atoms with Gasteiger partial charge in [0.1, 0.15) is 0 Å². The molecule has 20 heavy (non-hydrogen) atoms. The molecule has 0 N–H and O–H groups in total. The van der Waals surface area contributed by atoms with Gasteiger partial charge in [-0.25, -0.2) is 0 Å². The fraction of sp³-hybridized carbons (Fsp3) is 1.00. The first-order chi connectivity index (χ1) is 9.86. The molecule has 0 radical (unpaired) electrons. The first kappa shape index (κ1) is 17.9. The highest BCUT2D eigenvalue weighted by Gasteiger charge is 2.18. The average Bonchev–Trinajstić information content (AvgIpc) is 2.47. The summed E-state index contributed by atoms with van der Waals surface area (Å²) < 4.78 is 21.5. The van der Waals surface area contributed by atoms with Crippen LogP contribution in [0.2, 0.25) is 0 Å². The Balaban J connectivity index is 1.83. The van der Waals surface area contributed by atoms with Gasteiger partial charge < -0.3 is 23.8 Å². The molecule has 1 aliphatic rings. The Kier molecular flexibility index (Phi) is 11.2. The van der Waals surface area contributed by atoms with Crippen molar-refractivity contribution in [3.05, 3.63) is 0 Å². The second-order valence-electron chi connectivity index (χ2n) is 5.13. The summed E-state index contributed by atoms with van der Waals surface area (Å²) in [5.41, 5.74) is 0. The highest BCUT2D eigenvalue weighted by atomic mass is 16.6. The molecule has 1 aliphatic heterocycles. The molecule has 0 aromatic rings. The summed E-state index contributed by atoms with van der Waals surface area (Å²) in [7, 11) is 1.67. The van der Waals surface area contributed by atoms with E-state index in [1.54, 1.807) is 7.11 Å². The largest absolute Gasteiger partial charge is 0.382 e. The summed E-state index contributed by atoms with van der Waals surface area (Å²) in [6.45, 7) is 9.67. The van der Waals surface area contributed by atoms with E-state index in [2.05, 4.69) is 11.8 Å². The molecule has 0 aromatic heterocycles. The van der Waals surface area contributed by atoms with Crippen LogP contribution in [0.15, 0.2) is 0 Å². The minimum atomic E-state index is 0.421. The number of piperidine rings is 1. The molecule has 0 amide bonds. The minimum absolute atomic E-state index is 0.421. The number of hydrogen-bond acceptors (Lipinski definition) is 5. The van der Waals surface area contributed by atoms with Crippen LogP contribution in [0.4, 0.5) is 0 Å². The second-order valence-corrected chi connectivity index (χ2v) is 5.13. The summed E-state index contributed by atoms with van der Waals surface area (Å²) in [5.74, 6) is 0. The number of likely N-dealkylation sites (tertiary alicyclic amines) is 1. The van der Waals surface area contributed by atoms with Crippen molar-refractivity contribution in [3.63, 3.8) is 0 Å². The quantitative estimate of drug-likeness (QED) is 0.510. The van der Waals surface area contributed by atoms with Crippen molar-refractivity contribution in [2.45, 2.75) is 32.3 Å². The molecular formula is C15H31NO4. The molecule has 5 nitrogen and oxygen atoms in total. The van der Waals surface area contributed by atoms with Crippen LogP contribution in [0.25, 0.3) is 0 Å². The lowest BCUT2D eigenvalue weighted by Crippen LogP contribution is -2.37. The average molecular weight is 289 g/mol. The third kappa shape index (κ3) is 8.87. The van der Waals surface area contributed by atoms with Gasteiger partial charge in [-0.3, -0.25) is 0 Å². The third-order valence-corrected chi connectivity index (χ3v) is 3.46. The molecule has 0 aromatic carbocycles. The van der Waals surface area contributed by atoms with Gasteiger partial charge in [0.05, 0.1) is 45.7 Å². The summed E-state index contributed by atoms with van der Waals surface area (Å²) in [6, 6.07) is 0. The van der Waals surface area contributed by atoms with Gasteiger partial charge in [0.2, 0.25) is 0 Å². The standard InChI is InChI=1S/C15H31NO4/c1-3-6-16-7-4-15(5-8-16)20-14-13-19-12-11-18-10-9-17-2/h15H,3-14H2,1-2H3. The van der Waals surface area contributed by atoms with Crippen LogP contribution in [0, 0.1) is 0 Å². The van der Waals surface area contributed by atoms with Crippen molar-refractivity contribution in [1.82, 2.24) is 4.90 Å². The number of rotatable bonds is 12. The van der Waals surface area contributed by atoms with Gasteiger partial charge in [0, 0.05) is 20.2 Å². The molecule has 120 valence electrons. The summed E-state index contributed by atoms with van der Waals surface area (Å²) in [5, 5.41) is 0. The van der Waals surface area contributed by atoms with E-state index >= 15 is 0 Å². The maximum atomic E-state index is 5.84. The molecule has 0 saturated carbocycles.